The molecule has 1 saturated carbocycles. The first-order chi connectivity index (χ1) is 9.52. The maximum absolute atomic E-state index is 11.8. The monoisotopic (exact) mass is 283 g/mol. The average Bonchev–Trinajstić information content (AvgIpc) is 2.42. The molecule has 1 saturated heterocycles. The zero-order valence-electron chi connectivity index (χ0n) is 12.9. The van der Waals surface area contributed by atoms with E-state index in [1.54, 1.807) is 0 Å². The van der Waals surface area contributed by atoms with E-state index in [1.807, 2.05) is 0 Å². The van der Waals surface area contributed by atoms with E-state index < -0.39 is 11.4 Å². The first-order valence-corrected chi connectivity index (χ1v) is 8.01. The second kappa shape index (κ2) is 6.90. The van der Waals surface area contributed by atoms with Gasteiger partial charge >= 0.3 is 5.97 Å². The minimum Gasteiger partial charge on any atom is -0.481 e. The maximum Gasteiger partial charge on any atom is 0.310 e. The van der Waals surface area contributed by atoms with Gasteiger partial charge in [-0.2, -0.15) is 0 Å². The van der Waals surface area contributed by atoms with Gasteiger partial charge in [-0.1, -0.05) is 6.92 Å². The fourth-order valence-corrected chi connectivity index (χ4v) is 3.73. The molecule has 0 radical (unpaired) electrons. The lowest BCUT2D eigenvalue weighted by atomic mass is 9.70. The van der Waals surface area contributed by atoms with Crippen molar-refractivity contribution in [2.45, 2.75) is 45.4 Å². The second-order valence-corrected chi connectivity index (χ2v) is 7.05. The number of nitrogens with zero attached hydrogens (tertiary/aromatic N) is 1. The fourth-order valence-electron chi connectivity index (χ4n) is 3.73. The maximum atomic E-state index is 11.8. The summed E-state index contributed by atoms with van der Waals surface area (Å²) >= 11 is 0. The van der Waals surface area contributed by atoms with Gasteiger partial charge in [0.1, 0.15) is 0 Å². The van der Waals surface area contributed by atoms with Crippen LogP contribution in [0.25, 0.3) is 0 Å². The van der Waals surface area contributed by atoms with Crippen LogP contribution < -0.4 is 0 Å². The van der Waals surface area contributed by atoms with Crippen molar-refractivity contribution in [3.05, 3.63) is 0 Å². The molecule has 4 heteroatoms. The van der Waals surface area contributed by atoms with Crippen LogP contribution in [0.3, 0.4) is 0 Å². The molecule has 1 unspecified atom stereocenters. The highest BCUT2D eigenvalue weighted by molar-refractivity contribution is 5.75. The summed E-state index contributed by atoms with van der Waals surface area (Å²) in [6.07, 6.45) is 6.10. The lowest BCUT2D eigenvalue weighted by Gasteiger charge is -2.39. The normalized spacial score (nSPS) is 35.1. The van der Waals surface area contributed by atoms with Crippen molar-refractivity contribution in [2.75, 3.05) is 33.4 Å². The van der Waals surface area contributed by atoms with Crippen molar-refractivity contribution in [2.24, 2.45) is 17.3 Å². The molecule has 1 atom stereocenters. The minimum atomic E-state index is -0.601. The van der Waals surface area contributed by atoms with E-state index in [1.165, 1.54) is 6.42 Å². The van der Waals surface area contributed by atoms with Gasteiger partial charge in [-0.3, -0.25) is 4.79 Å². The molecule has 1 N–H and O–H groups in total. The number of hydrogen-bond acceptors (Lipinski definition) is 3. The number of carboxylic acid groups (broad SMARTS) is 1. The molecule has 116 valence electrons. The van der Waals surface area contributed by atoms with Gasteiger partial charge in [0.25, 0.3) is 0 Å². The highest BCUT2D eigenvalue weighted by atomic mass is 16.5. The van der Waals surface area contributed by atoms with Crippen molar-refractivity contribution in [1.29, 1.82) is 0 Å². The predicted octanol–water partition coefficient (Wildman–Crippen LogP) is 2.63. The highest BCUT2D eigenvalue weighted by Crippen LogP contribution is 2.39. The van der Waals surface area contributed by atoms with E-state index in [4.69, 9.17) is 4.74 Å². The smallest absolute Gasteiger partial charge is 0.310 e. The first kappa shape index (κ1) is 15.8. The summed E-state index contributed by atoms with van der Waals surface area (Å²) in [4.78, 5) is 14.0. The van der Waals surface area contributed by atoms with Crippen LogP contribution in [0.15, 0.2) is 0 Å². The van der Waals surface area contributed by atoms with Gasteiger partial charge in [0.15, 0.2) is 0 Å². The molecule has 0 aromatic rings. The van der Waals surface area contributed by atoms with Gasteiger partial charge in [0.2, 0.25) is 0 Å². The van der Waals surface area contributed by atoms with E-state index in [0.717, 1.165) is 51.9 Å². The molecule has 1 aliphatic heterocycles. The van der Waals surface area contributed by atoms with E-state index in [0.29, 0.717) is 18.4 Å². The lowest BCUT2D eigenvalue weighted by molar-refractivity contribution is -0.153. The summed E-state index contributed by atoms with van der Waals surface area (Å²) in [5.74, 6) is 0.651. The molecular formula is C16H29NO3. The molecule has 4 nitrogen and oxygen atoms in total. The number of carbonyl (C=O) groups is 1. The summed E-state index contributed by atoms with van der Waals surface area (Å²) in [5, 5.41) is 9.68. The molecule has 0 bridgehead atoms. The van der Waals surface area contributed by atoms with Crippen LogP contribution in [-0.4, -0.2) is 49.3 Å². The topological polar surface area (TPSA) is 49.8 Å². The number of ether oxygens (including phenoxy) is 1. The SMILES string of the molecule is CC1CCC(CN(C)CC2CCCOC2)(C(=O)O)CC1. The van der Waals surface area contributed by atoms with E-state index in [9.17, 15) is 9.90 Å². The van der Waals surface area contributed by atoms with Crippen LogP contribution in [0.5, 0.6) is 0 Å². The Labute approximate surface area is 122 Å². The van der Waals surface area contributed by atoms with Gasteiger partial charge in [-0.05, 0) is 57.4 Å². The van der Waals surface area contributed by atoms with Gasteiger partial charge in [-0.15, -0.1) is 0 Å². The molecule has 20 heavy (non-hydrogen) atoms. The molecule has 1 aliphatic carbocycles. The van der Waals surface area contributed by atoms with Crippen LogP contribution in [0, 0.1) is 17.3 Å². The lowest BCUT2D eigenvalue weighted by Crippen LogP contribution is -2.45. The Bertz CT molecular complexity index is 318. The summed E-state index contributed by atoms with van der Waals surface area (Å²) in [5.41, 5.74) is -0.517. The largest absolute Gasteiger partial charge is 0.481 e. The Balaban J connectivity index is 1.88. The van der Waals surface area contributed by atoms with Crippen molar-refractivity contribution in [3.8, 4) is 0 Å². The second-order valence-electron chi connectivity index (χ2n) is 7.05. The Kier molecular flexibility index (Phi) is 5.44. The molecule has 0 aromatic heterocycles. The Hall–Kier alpha value is -0.610. The van der Waals surface area contributed by atoms with Crippen molar-refractivity contribution >= 4 is 5.97 Å². The quantitative estimate of drug-likeness (QED) is 0.842. The third kappa shape index (κ3) is 3.95. The van der Waals surface area contributed by atoms with Gasteiger partial charge < -0.3 is 14.7 Å². The number of carboxylic acids is 1. The number of rotatable bonds is 5. The Morgan fingerprint density at radius 3 is 2.60 bits per heavy atom. The fraction of sp³-hybridized carbons (Fsp3) is 0.938. The summed E-state index contributed by atoms with van der Waals surface area (Å²) < 4.78 is 5.52. The zero-order chi connectivity index (χ0) is 14.6. The van der Waals surface area contributed by atoms with Crippen LogP contribution in [0.4, 0.5) is 0 Å². The molecule has 2 rings (SSSR count). The molecule has 2 fully saturated rings. The van der Waals surface area contributed by atoms with E-state index >= 15 is 0 Å². The van der Waals surface area contributed by atoms with Gasteiger partial charge in [-0.25, -0.2) is 0 Å². The average molecular weight is 283 g/mol. The molecule has 0 amide bonds. The van der Waals surface area contributed by atoms with E-state index in [-0.39, 0.29) is 0 Å². The highest BCUT2D eigenvalue weighted by Gasteiger charge is 2.42. The van der Waals surface area contributed by atoms with Crippen molar-refractivity contribution in [1.82, 2.24) is 4.90 Å². The van der Waals surface area contributed by atoms with E-state index in [2.05, 4.69) is 18.9 Å². The predicted molar refractivity (Wildman–Crippen MR) is 78.7 cm³/mol. The van der Waals surface area contributed by atoms with Crippen molar-refractivity contribution in [3.63, 3.8) is 0 Å². The number of hydrogen-bond donors (Lipinski definition) is 1. The van der Waals surface area contributed by atoms with Gasteiger partial charge in [0.05, 0.1) is 12.0 Å². The van der Waals surface area contributed by atoms with Crippen LogP contribution in [-0.2, 0) is 9.53 Å². The first-order valence-electron chi connectivity index (χ1n) is 8.01. The summed E-state index contributed by atoms with van der Waals surface area (Å²) in [7, 11) is 2.07. The molecule has 1 heterocycles. The van der Waals surface area contributed by atoms with Crippen molar-refractivity contribution < 1.29 is 14.6 Å². The molecular weight excluding hydrogens is 254 g/mol. The number of aliphatic carboxylic acids is 1. The third-order valence-corrected chi connectivity index (χ3v) is 5.08. The van der Waals surface area contributed by atoms with Gasteiger partial charge in [0, 0.05) is 19.7 Å². The standard InChI is InChI=1S/C16H29NO3/c1-13-5-7-16(8-6-13,15(18)19)12-17(2)10-14-4-3-9-20-11-14/h13-14H,3-12H2,1-2H3,(H,18,19). The summed E-state index contributed by atoms with van der Waals surface area (Å²) in [6.45, 7) is 5.60. The zero-order valence-corrected chi connectivity index (χ0v) is 12.9. The Morgan fingerprint density at radius 2 is 2.05 bits per heavy atom. The van der Waals surface area contributed by atoms with Crippen LogP contribution in [0.2, 0.25) is 0 Å². The Morgan fingerprint density at radius 1 is 1.35 bits per heavy atom. The molecule has 2 aliphatic rings. The molecule has 0 aromatic carbocycles. The van der Waals surface area contributed by atoms with Crippen LogP contribution in [0.1, 0.15) is 45.4 Å². The minimum absolute atomic E-state index is 0.517. The van der Waals surface area contributed by atoms with Crippen LogP contribution >= 0.6 is 0 Å². The summed E-state index contributed by atoms with van der Waals surface area (Å²) in [6, 6.07) is 0. The molecule has 0 spiro atoms. The third-order valence-electron chi connectivity index (χ3n) is 5.08.